The van der Waals surface area contributed by atoms with Crippen molar-refractivity contribution in [3.63, 3.8) is 0 Å². The van der Waals surface area contributed by atoms with Gasteiger partial charge in [0, 0.05) is 18.3 Å². The Kier molecular flexibility index (Phi) is 6.08. The highest BCUT2D eigenvalue weighted by Crippen LogP contribution is 2.33. The number of amides is 1. The molecule has 3 rings (SSSR count). The van der Waals surface area contributed by atoms with Crippen molar-refractivity contribution in [1.29, 1.82) is 5.26 Å². The van der Waals surface area contributed by atoms with E-state index in [-0.39, 0.29) is 5.91 Å². The van der Waals surface area contributed by atoms with Crippen LogP contribution in [0.25, 0.3) is 0 Å². The molecule has 1 aromatic heterocycles. The standard InChI is InChI=1S/C21H25N3OS/c1-16-6-7-19(13-17(16)2)24(11-4-9-22)21(25)14-23-10-3-5-20(23)18-8-12-26-15-18/h6-8,12-13,15,20H,3-5,10-11,14H2,1-2H3/t20-/m1/s1. The normalized spacial score (nSPS) is 17.2. The summed E-state index contributed by atoms with van der Waals surface area (Å²) < 4.78 is 0. The Hall–Kier alpha value is -2.16. The summed E-state index contributed by atoms with van der Waals surface area (Å²) in [6.07, 6.45) is 2.56. The van der Waals surface area contributed by atoms with Gasteiger partial charge in [-0.25, -0.2) is 0 Å². The fourth-order valence-corrected chi connectivity index (χ4v) is 4.28. The quantitative estimate of drug-likeness (QED) is 0.758. The van der Waals surface area contributed by atoms with E-state index >= 15 is 0 Å². The summed E-state index contributed by atoms with van der Waals surface area (Å²) in [5, 5.41) is 13.3. The summed E-state index contributed by atoms with van der Waals surface area (Å²) in [5.41, 5.74) is 4.57. The van der Waals surface area contributed by atoms with Crippen LogP contribution in [0, 0.1) is 25.2 Å². The predicted molar refractivity (Wildman–Crippen MR) is 106 cm³/mol. The summed E-state index contributed by atoms with van der Waals surface area (Å²) in [6, 6.07) is 10.7. The summed E-state index contributed by atoms with van der Waals surface area (Å²) in [7, 11) is 0. The Balaban J connectivity index is 1.77. The first kappa shape index (κ1) is 18.6. The highest BCUT2D eigenvalue weighted by Gasteiger charge is 2.29. The van der Waals surface area contributed by atoms with E-state index in [1.807, 2.05) is 18.2 Å². The Morgan fingerprint density at radius 1 is 1.35 bits per heavy atom. The van der Waals surface area contributed by atoms with E-state index in [4.69, 9.17) is 5.26 Å². The largest absolute Gasteiger partial charge is 0.310 e. The van der Waals surface area contributed by atoms with Crippen molar-refractivity contribution >= 4 is 22.9 Å². The van der Waals surface area contributed by atoms with E-state index in [1.54, 1.807) is 16.2 Å². The van der Waals surface area contributed by atoms with Gasteiger partial charge in [-0.3, -0.25) is 9.69 Å². The van der Waals surface area contributed by atoms with Gasteiger partial charge in [0.1, 0.15) is 0 Å². The van der Waals surface area contributed by atoms with E-state index in [9.17, 15) is 4.79 Å². The molecule has 0 spiro atoms. The molecule has 2 heterocycles. The van der Waals surface area contributed by atoms with E-state index < -0.39 is 0 Å². The van der Waals surface area contributed by atoms with Crippen LogP contribution in [0.2, 0.25) is 0 Å². The number of carbonyl (C=O) groups excluding carboxylic acids is 1. The molecular formula is C21H25N3OS. The van der Waals surface area contributed by atoms with E-state index in [0.717, 1.165) is 30.6 Å². The third-order valence-corrected chi connectivity index (χ3v) is 5.88. The van der Waals surface area contributed by atoms with Crippen molar-refractivity contribution in [2.45, 2.75) is 39.2 Å². The van der Waals surface area contributed by atoms with Crippen molar-refractivity contribution in [3.8, 4) is 6.07 Å². The monoisotopic (exact) mass is 367 g/mol. The van der Waals surface area contributed by atoms with Crippen LogP contribution in [0.15, 0.2) is 35.0 Å². The van der Waals surface area contributed by atoms with Crippen LogP contribution >= 0.6 is 11.3 Å². The minimum absolute atomic E-state index is 0.0747. The lowest BCUT2D eigenvalue weighted by Crippen LogP contribution is -2.40. The first-order valence-corrected chi connectivity index (χ1v) is 10.0. The minimum Gasteiger partial charge on any atom is -0.310 e. The van der Waals surface area contributed by atoms with Crippen LogP contribution in [0.4, 0.5) is 5.69 Å². The number of carbonyl (C=O) groups is 1. The Morgan fingerprint density at radius 3 is 2.88 bits per heavy atom. The molecule has 136 valence electrons. The van der Waals surface area contributed by atoms with Gasteiger partial charge in [-0.1, -0.05) is 6.07 Å². The second-order valence-electron chi connectivity index (χ2n) is 6.91. The molecule has 0 saturated carbocycles. The van der Waals surface area contributed by atoms with Crippen LogP contribution in [0.1, 0.15) is 42.0 Å². The maximum absolute atomic E-state index is 13.1. The lowest BCUT2D eigenvalue weighted by atomic mass is 10.1. The van der Waals surface area contributed by atoms with Gasteiger partial charge in [0.15, 0.2) is 0 Å². The Bertz CT molecular complexity index is 794. The summed E-state index contributed by atoms with van der Waals surface area (Å²) >= 11 is 1.71. The van der Waals surface area contributed by atoms with Crippen molar-refractivity contribution in [3.05, 3.63) is 51.7 Å². The third kappa shape index (κ3) is 4.14. The van der Waals surface area contributed by atoms with Crippen LogP contribution in [0.3, 0.4) is 0 Å². The van der Waals surface area contributed by atoms with Gasteiger partial charge < -0.3 is 4.90 Å². The number of likely N-dealkylation sites (tertiary alicyclic amines) is 1. The number of aryl methyl sites for hydroxylation is 2. The second kappa shape index (κ2) is 8.48. The number of hydrogen-bond acceptors (Lipinski definition) is 4. The van der Waals surface area contributed by atoms with Crippen molar-refractivity contribution in [2.75, 3.05) is 24.5 Å². The molecular weight excluding hydrogens is 342 g/mol. The van der Waals surface area contributed by atoms with Gasteiger partial charge >= 0.3 is 0 Å². The number of benzene rings is 1. The Morgan fingerprint density at radius 2 is 2.19 bits per heavy atom. The summed E-state index contributed by atoms with van der Waals surface area (Å²) in [6.45, 7) is 5.91. The summed E-state index contributed by atoms with van der Waals surface area (Å²) in [5.74, 6) is 0.0747. The summed E-state index contributed by atoms with van der Waals surface area (Å²) in [4.78, 5) is 17.2. The maximum Gasteiger partial charge on any atom is 0.241 e. The molecule has 5 heteroatoms. The van der Waals surface area contributed by atoms with Gasteiger partial charge in [0.05, 0.1) is 19.0 Å². The SMILES string of the molecule is Cc1ccc(N(CCC#N)C(=O)CN2CCC[C@@H]2c2ccsc2)cc1C. The molecule has 0 N–H and O–H groups in total. The number of anilines is 1. The molecule has 4 nitrogen and oxygen atoms in total. The second-order valence-corrected chi connectivity index (χ2v) is 7.69. The van der Waals surface area contributed by atoms with Gasteiger partial charge in [-0.15, -0.1) is 0 Å². The molecule has 0 unspecified atom stereocenters. The molecule has 1 aliphatic heterocycles. The number of nitrogens with zero attached hydrogens (tertiary/aromatic N) is 3. The zero-order valence-corrected chi connectivity index (χ0v) is 16.3. The topological polar surface area (TPSA) is 47.3 Å². The van der Waals surface area contributed by atoms with Gasteiger partial charge in [0.25, 0.3) is 0 Å². The molecule has 1 fully saturated rings. The minimum atomic E-state index is 0.0747. The van der Waals surface area contributed by atoms with Crippen molar-refractivity contribution < 1.29 is 4.79 Å². The van der Waals surface area contributed by atoms with E-state index in [1.165, 1.54) is 11.1 Å². The van der Waals surface area contributed by atoms with Crippen LogP contribution in [-0.4, -0.2) is 30.4 Å². The lowest BCUT2D eigenvalue weighted by molar-refractivity contribution is -0.120. The zero-order valence-electron chi connectivity index (χ0n) is 15.4. The number of hydrogen-bond donors (Lipinski definition) is 0. The Labute approximate surface area is 159 Å². The number of rotatable bonds is 6. The fraction of sp³-hybridized carbons (Fsp3) is 0.429. The molecule has 0 bridgehead atoms. The smallest absolute Gasteiger partial charge is 0.241 e. The fourth-order valence-electron chi connectivity index (χ4n) is 3.57. The number of thiophene rings is 1. The van der Waals surface area contributed by atoms with Crippen LogP contribution in [0.5, 0.6) is 0 Å². The first-order valence-electron chi connectivity index (χ1n) is 9.11. The van der Waals surface area contributed by atoms with Gasteiger partial charge in [0.2, 0.25) is 5.91 Å². The number of nitriles is 1. The third-order valence-electron chi connectivity index (χ3n) is 5.18. The average Bonchev–Trinajstić information content (AvgIpc) is 3.29. The molecule has 1 aromatic carbocycles. The molecule has 1 amide bonds. The first-order chi connectivity index (χ1) is 12.6. The molecule has 1 aliphatic rings. The highest BCUT2D eigenvalue weighted by molar-refractivity contribution is 7.07. The average molecular weight is 368 g/mol. The van der Waals surface area contributed by atoms with Crippen LogP contribution in [-0.2, 0) is 4.79 Å². The molecule has 1 saturated heterocycles. The predicted octanol–water partition coefficient (Wildman–Crippen LogP) is 4.45. The van der Waals surface area contributed by atoms with E-state index in [2.05, 4.69) is 41.6 Å². The van der Waals surface area contributed by atoms with Crippen molar-refractivity contribution in [2.24, 2.45) is 0 Å². The molecule has 1 atom stereocenters. The molecule has 0 radical (unpaired) electrons. The maximum atomic E-state index is 13.1. The van der Waals surface area contributed by atoms with E-state index in [0.29, 0.717) is 25.6 Å². The lowest BCUT2D eigenvalue weighted by Gasteiger charge is -2.28. The molecule has 2 aromatic rings. The molecule has 26 heavy (non-hydrogen) atoms. The van der Waals surface area contributed by atoms with Crippen LogP contribution < -0.4 is 4.90 Å². The van der Waals surface area contributed by atoms with Gasteiger partial charge in [-0.2, -0.15) is 16.6 Å². The van der Waals surface area contributed by atoms with Crippen molar-refractivity contribution in [1.82, 2.24) is 4.90 Å². The zero-order chi connectivity index (χ0) is 18.5. The van der Waals surface area contributed by atoms with Gasteiger partial charge in [-0.05, 0) is 78.9 Å². The molecule has 0 aliphatic carbocycles. The highest BCUT2D eigenvalue weighted by atomic mass is 32.1.